The number of carbonyl (C=O) groups excluding carboxylic acids is 2. The Hall–Kier alpha value is -3.92. The quantitative estimate of drug-likeness (QED) is 0.278. The molecule has 0 aliphatic carbocycles. The molecule has 0 spiro atoms. The van der Waals surface area contributed by atoms with E-state index in [1.807, 2.05) is 51.1 Å². The van der Waals surface area contributed by atoms with Crippen LogP contribution in [0.25, 0.3) is 0 Å². The predicted molar refractivity (Wildman–Crippen MR) is 158 cm³/mol. The minimum absolute atomic E-state index is 0.0540. The molecule has 220 valence electrons. The Morgan fingerprint density at radius 2 is 1.59 bits per heavy atom. The lowest BCUT2D eigenvalue weighted by atomic mass is 10.1. The molecule has 0 aromatic heterocycles. The molecular weight excluding hydrogens is 545 g/mol. The summed E-state index contributed by atoms with van der Waals surface area (Å²) >= 11 is 0. The maximum Gasteiger partial charge on any atom is 0.264 e. The van der Waals surface area contributed by atoms with Crippen molar-refractivity contribution in [2.75, 3.05) is 30.5 Å². The van der Waals surface area contributed by atoms with E-state index in [4.69, 9.17) is 4.74 Å². The summed E-state index contributed by atoms with van der Waals surface area (Å²) in [7, 11) is -4.25. The van der Waals surface area contributed by atoms with Gasteiger partial charge in [-0.3, -0.25) is 13.9 Å². The minimum atomic E-state index is -4.25. The summed E-state index contributed by atoms with van der Waals surface area (Å²) in [5, 5.41) is 2.86. The van der Waals surface area contributed by atoms with E-state index in [2.05, 4.69) is 5.32 Å². The van der Waals surface area contributed by atoms with E-state index in [9.17, 15) is 22.4 Å². The van der Waals surface area contributed by atoms with Crippen molar-refractivity contribution < 1.29 is 27.1 Å². The van der Waals surface area contributed by atoms with Crippen molar-refractivity contribution in [2.45, 2.75) is 51.0 Å². The third kappa shape index (κ3) is 8.53. The molecule has 0 unspecified atom stereocenters. The molecule has 0 heterocycles. The second-order valence-corrected chi connectivity index (χ2v) is 11.3. The van der Waals surface area contributed by atoms with Crippen LogP contribution in [-0.4, -0.2) is 57.4 Å². The molecule has 0 bridgehead atoms. The molecule has 0 saturated heterocycles. The van der Waals surface area contributed by atoms with E-state index < -0.39 is 34.3 Å². The number of benzene rings is 3. The van der Waals surface area contributed by atoms with Crippen molar-refractivity contribution in [3.8, 4) is 5.75 Å². The molecule has 3 aromatic rings. The molecule has 0 radical (unpaired) electrons. The zero-order valence-electron chi connectivity index (χ0n) is 23.8. The third-order valence-corrected chi connectivity index (χ3v) is 8.32. The molecular formula is C31H38FN3O5S. The normalized spacial score (nSPS) is 11.9. The lowest BCUT2D eigenvalue weighted by Crippen LogP contribution is -2.53. The summed E-state index contributed by atoms with van der Waals surface area (Å²) in [5.74, 6) is -0.870. The van der Waals surface area contributed by atoms with Gasteiger partial charge in [0.25, 0.3) is 10.0 Å². The molecule has 0 saturated carbocycles. The molecule has 0 fully saturated rings. The summed E-state index contributed by atoms with van der Waals surface area (Å²) < 4.78 is 47.9. The fraction of sp³-hybridized carbons (Fsp3) is 0.355. The highest BCUT2D eigenvalue weighted by Crippen LogP contribution is 2.26. The molecule has 0 aliphatic heterocycles. The summed E-state index contributed by atoms with van der Waals surface area (Å²) in [5.41, 5.74) is 1.10. The van der Waals surface area contributed by atoms with Gasteiger partial charge in [0.05, 0.1) is 17.2 Å². The average molecular weight is 584 g/mol. The predicted octanol–water partition coefficient (Wildman–Crippen LogP) is 4.80. The lowest BCUT2D eigenvalue weighted by molar-refractivity contribution is -0.139. The number of anilines is 1. The number of nitrogens with one attached hydrogen (secondary N) is 1. The van der Waals surface area contributed by atoms with Crippen molar-refractivity contribution in [1.82, 2.24) is 10.2 Å². The second kappa shape index (κ2) is 15.2. The van der Waals surface area contributed by atoms with Crippen LogP contribution < -0.4 is 14.4 Å². The number of halogens is 1. The number of hydrogen-bond donors (Lipinski definition) is 1. The van der Waals surface area contributed by atoms with Gasteiger partial charge in [0.1, 0.15) is 24.2 Å². The van der Waals surface area contributed by atoms with E-state index in [0.717, 1.165) is 28.4 Å². The number of nitrogens with zero attached hydrogens (tertiary/aromatic N) is 2. The van der Waals surface area contributed by atoms with E-state index in [1.54, 1.807) is 12.1 Å². The zero-order valence-corrected chi connectivity index (χ0v) is 24.6. The molecule has 3 aromatic carbocycles. The van der Waals surface area contributed by atoms with Crippen molar-refractivity contribution >= 4 is 27.5 Å². The molecule has 0 aliphatic rings. The van der Waals surface area contributed by atoms with Gasteiger partial charge in [0, 0.05) is 13.1 Å². The van der Waals surface area contributed by atoms with Gasteiger partial charge in [-0.2, -0.15) is 0 Å². The van der Waals surface area contributed by atoms with Gasteiger partial charge < -0.3 is 15.0 Å². The fourth-order valence-electron chi connectivity index (χ4n) is 4.40. The second-order valence-electron chi connectivity index (χ2n) is 9.43. The van der Waals surface area contributed by atoms with Crippen LogP contribution in [-0.2, 0) is 26.0 Å². The Morgan fingerprint density at radius 3 is 2.17 bits per heavy atom. The molecule has 2 amide bonds. The van der Waals surface area contributed by atoms with Crippen LogP contribution in [0.4, 0.5) is 10.1 Å². The third-order valence-electron chi connectivity index (χ3n) is 6.54. The SMILES string of the molecule is CCCNC(=O)[C@@H](CC)N(CCc1ccccc1)C(=O)CN(c1ccc(F)cc1)S(=O)(=O)c1ccc(OCC)cc1. The first-order valence-corrected chi connectivity index (χ1v) is 15.3. The van der Waals surface area contributed by atoms with Gasteiger partial charge in [0.15, 0.2) is 0 Å². The Kier molecular flexibility index (Phi) is 11.7. The first kappa shape index (κ1) is 31.6. The average Bonchev–Trinajstić information content (AvgIpc) is 2.98. The smallest absolute Gasteiger partial charge is 0.264 e. The summed E-state index contributed by atoms with van der Waals surface area (Å²) in [6, 6.07) is 19.6. The number of sulfonamides is 1. The van der Waals surface area contributed by atoms with Gasteiger partial charge in [-0.25, -0.2) is 12.8 Å². The van der Waals surface area contributed by atoms with E-state index >= 15 is 0 Å². The molecule has 3 rings (SSSR count). The van der Waals surface area contributed by atoms with Crippen LogP contribution in [0.2, 0.25) is 0 Å². The molecule has 10 heteroatoms. The minimum Gasteiger partial charge on any atom is -0.494 e. The van der Waals surface area contributed by atoms with E-state index in [0.29, 0.717) is 31.7 Å². The zero-order chi connectivity index (χ0) is 29.8. The molecule has 41 heavy (non-hydrogen) atoms. The lowest BCUT2D eigenvalue weighted by Gasteiger charge is -2.33. The molecule has 1 atom stereocenters. The van der Waals surface area contributed by atoms with Crippen molar-refractivity contribution in [2.24, 2.45) is 0 Å². The maximum absolute atomic E-state index is 14.0. The Labute approximate surface area is 242 Å². The van der Waals surface area contributed by atoms with E-state index in [1.165, 1.54) is 29.2 Å². The standard InChI is InChI=1S/C31H38FN3O5S/c1-4-21-33-31(37)29(5-2)34(22-20-24-10-8-7-9-11-24)30(36)23-35(26-14-12-25(32)13-15-26)41(38,39)28-18-16-27(17-19-28)40-6-3/h7-19,29H,4-6,20-23H2,1-3H3,(H,33,37)/t29-/m1/s1. The van der Waals surface area contributed by atoms with Gasteiger partial charge in [-0.05, 0) is 80.3 Å². The van der Waals surface area contributed by atoms with Crippen LogP contribution in [0.1, 0.15) is 39.2 Å². The Balaban J connectivity index is 1.99. The Morgan fingerprint density at radius 1 is 0.927 bits per heavy atom. The number of hydrogen-bond acceptors (Lipinski definition) is 5. The number of ether oxygens (including phenoxy) is 1. The fourth-order valence-corrected chi connectivity index (χ4v) is 5.81. The van der Waals surface area contributed by atoms with Crippen molar-refractivity contribution in [3.63, 3.8) is 0 Å². The highest BCUT2D eigenvalue weighted by Gasteiger charge is 2.33. The van der Waals surface area contributed by atoms with Crippen LogP contribution in [0.15, 0.2) is 83.8 Å². The number of rotatable bonds is 15. The number of amides is 2. The largest absolute Gasteiger partial charge is 0.494 e. The highest BCUT2D eigenvalue weighted by atomic mass is 32.2. The number of carbonyl (C=O) groups is 2. The van der Waals surface area contributed by atoms with Crippen LogP contribution >= 0.6 is 0 Å². The first-order chi connectivity index (χ1) is 19.7. The van der Waals surface area contributed by atoms with Gasteiger partial charge in [0.2, 0.25) is 11.8 Å². The molecule has 1 N–H and O–H groups in total. The van der Waals surface area contributed by atoms with E-state index in [-0.39, 0.29) is 23.0 Å². The van der Waals surface area contributed by atoms with Gasteiger partial charge in [-0.15, -0.1) is 0 Å². The van der Waals surface area contributed by atoms with Crippen LogP contribution in [0.3, 0.4) is 0 Å². The van der Waals surface area contributed by atoms with Crippen molar-refractivity contribution in [1.29, 1.82) is 0 Å². The molecule has 8 nitrogen and oxygen atoms in total. The van der Waals surface area contributed by atoms with Crippen LogP contribution in [0.5, 0.6) is 5.75 Å². The summed E-state index contributed by atoms with van der Waals surface area (Å²) in [6.07, 6.45) is 1.56. The highest BCUT2D eigenvalue weighted by molar-refractivity contribution is 7.92. The van der Waals surface area contributed by atoms with Crippen molar-refractivity contribution in [3.05, 3.63) is 90.2 Å². The topological polar surface area (TPSA) is 96.0 Å². The van der Waals surface area contributed by atoms with Gasteiger partial charge >= 0.3 is 0 Å². The summed E-state index contributed by atoms with van der Waals surface area (Å²) in [4.78, 5) is 28.4. The summed E-state index contributed by atoms with van der Waals surface area (Å²) in [6.45, 7) is 6.09. The van der Waals surface area contributed by atoms with Gasteiger partial charge in [-0.1, -0.05) is 44.2 Å². The Bertz CT molecular complexity index is 1370. The first-order valence-electron chi connectivity index (χ1n) is 13.8. The maximum atomic E-state index is 14.0. The van der Waals surface area contributed by atoms with Crippen LogP contribution in [0, 0.1) is 5.82 Å². The monoisotopic (exact) mass is 583 g/mol.